The van der Waals surface area contributed by atoms with E-state index in [2.05, 4.69) is 10.3 Å². The number of oxazole rings is 1. The van der Waals surface area contributed by atoms with E-state index < -0.39 is 0 Å². The minimum absolute atomic E-state index is 0.296. The standard InChI is InChI=1S/C21H13Cl3N2O2/c1-11-2-3-12(8-17(11)24)21-26-18-10-14(5-7-19(18)28-21)25-20(27)15-9-13(22)4-6-16(15)23/h2-10H,1H3,(H,25,27). The highest BCUT2D eigenvalue weighted by Crippen LogP contribution is 2.29. The number of hydrogen-bond acceptors (Lipinski definition) is 3. The van der Waals surface area contributed by atoms with Crippen LogP contribution in [-0.4, -0.2) is 10.9 Å². The number of halogens is 3. The van der Waals surface area contributed by atoms with E-state index >= 15 is 0 Å². The van der Waals surface area contributed by atoms with E-state index in [9.17, 15) is 4.79 Å². The van der Waals surface area contributed by atoms with Gasteiger partial charge in [0.15, 0.2) is 5.58 Å². The molecule has 0 aliphatic carbocycles. The highest BCUT2D eigenvalue weighted by Gasteiger charge is 2.14. The van der Waals surface area contributed by atoms with Crippen molar-refractivity contribution in [3.63, 3.8) is 0 Å². The Hall–Kier alpha value is -2.53. The quantitative estimate of drug-likeness (QED) is 0.379. The average molecular weight is 432 g/mol. The Bertz CT molecular complexity index is 1220. The van der Waals surface area contributed by atoms with Gasteiger partial charge < -0.3 is 9.73 Å². The predicted octanol–water partition coefficient (Wildman–Crippen LogP) is 7.02. The molecule has 1 heterocycles. The summed E-state index contributed by atoms with van der Waals surface area (Å²) >= 11 is 18.2. The predicted molar refractivity (Wildman–Crippen MR) is 114 cm³/mol. The Morgan fingerprint density at radius 2 is 1.79 bits per heavy atom. The number of aromatic nitrogens is 1. The third-order valence-corrected chi connectivity index (χ3v) is 5.21. The number of amides is 1. The first kappa shape index (κ1) is 18.8. The molecule has 4 rings (SSSR count). The minimum atomic E-state index is -0.360. The van der Waals surface area contributed by atoms with Crippen molar-refractivity contribution in [2.24, 2.45) is 0 Å². The fraction of sp³-hybridized carbons (Fsp3) is 0.0476. The summed E-state index contributed by atoms with van der Waals surface area (Å²) in [7, 11) is 0. The molecule has 0 aliphatic heterocycles. The van der Waals surface area contributed by atoms with Gasteiger partial charge in [0, 0.05) is 21.3 Å². The van der Waals surface area contributed by atoms with Crippen molar-refractivity contribution in [3.05, 3.63) is 80.8 Å². The van der Waals surface area contributed by atoms with Crippen LogP contribution in [0, 0.1) is 6.92 Å². The summed E-state index contributed by atoms with van der Waals surface area (Å²) in [4.78, 5) is 17.0. The summed E-state index contributed by atoms with van der Waals surface area (Å²) in [6, 6.07) is 15.6. The molecule has 0 aliphatic rings. The summed E-state index contributed by atoms with van der Waals surface area (Å²) in [6.45, 7) is 1.93. The third-order valence-electron chi connectivity index (χ3n) is 4.24. The lowest BCUT2D eigenvalue weighted by molar-refractivity contribution is 0.102. The first-order valence-corrected chi connectivity index (χ1v) is 9.47. The van der Waals surface area contributed by atoms with Gasteiger partial charge in [0.2, 0.25) is 5.89 Å². The largest absolute Gasteiger partial charge is 0.436 e. The summed E-state index contributed by atoms with van der Waals surface area (Å²) < 4.78 is 5.81. The molecule has 0 radical (unpaired) electrons. The van der Waals surface area contributed by atoms with Crippen molar-refractivity contribution in [1.82, 2.24) is 4.98 Å². The molecule has 4 nitrogen and oxygen atoms in total. The summed E-state index contributed by atoms with van der Waals surface area (Å²) in [6.07, 6.45) is 0. The van der Waals surface area contributed by atoms with Gasteiger partial charge >= 0.3 is 0 Å². The molecule has 140 valence electrons. The van der Waals surface area contributed by atoms with Crippen LogP contribution in [0.3, 0.4) is 0 Å². The summed E-state index contributed by atoms with van der Waals surface area (Å²) in [5.74, 6) is 0.0964. The first-order chi connectivity index (χ1) is 13.4. The number of aryl methyl sites for hydroxylation is 1. The van der Waals surface area contributed by atoms with Crippen molar-refractivity contribution in [1.29, 1.82) is 0 Å². The Balaban J connectivity index is 1.63. The molecule has 0 saturated carbocycles. The molecule has 1 aromatic heterocycles. The molecule has 1 amide bonds. The average Bonchev–Trinajstić information content (AvgIpc) is 3.09. The van der Waals surface area contributed by atoms with Crippen LogP contribution in [0.4, 0.5) is 5.69 Å². The number of carbonyl (C=O) groups is 1. The maximum atomic E-state index is 12.5. The van der Waals surface area contributed by atoms with Gasteiger partial charge in [0.05, 0.1) is 10.6 Å². The van der Waals surface area contributed by atoms with E-state index in [0.717, 1.165) is 11.1 Å². The summed E-state index contributed by atoms with van der Waals surface area (Å²) in [5.41, 5.74) is 3.83. The number of anilines is 1. The zero-order valence-corrected chi connectivity index (χ0v) is 16.9. The molecular formula is C21H13Cl3N2O2. The molecule has 4 aromatic rings. The zero-order chi connectivity index (χ0) is 19.8. The third kappa shape index (κ3) is 3.72. The molecule has 0 saturated heterocycles. The Morgan fingerprint density at radius 1 is 0.964 bits per heavy atom. The Kier molecular flexibility index (Phi) is 5.02. The van der Waals surface area contributed by atoms with Crippen LogP contribution in [-0.2, 0) is 0 Å². The van der Waals surface area contributed by atoms with Gasteiger partial charge in [0.1, 0.15) is 5.52 Å². The Labute approximate surface area is 176 Å². The topological polar surface area (TPSA) is 55.1 Å². The lowest BCUT2D eigenvalue weighted by Crippen LogP contribution is -2.12. The van der Waals surface area contributed by atoms with Crippen LogP contribution >= 0.6 is 34.8 Å². The van der Waals surface area contributed by atoms with E-state index in [1.807, 2.05) is 25.1 Å². The van der Waals surface area contributed by atoms with Gasteiger partial charge in [-0.05, 0) is 61.0 Å². The monoisotopic (exact) mass is 430 g/mol. The molecule has 3 aromatic carbocycles. The molecule has 0 spiro atoms. The second kappa shape index (κ2) is 7.47. The lowest BCUT2D eigenvalue weighted by Gasteiger charge is -2.07. The summed E-state index contributed by atoms with van der Waals surface area (Å²) in [5, 5.41) is 4.20. The Morgan fingerprint density at radius 3 is 2.57 bits per heavy atom. The first-order valence-electron chi connectivity index (χ1n) is 8.34. The number of benzene rings is 3. The van der Waals surface area contributed by atoms with Crippen LogP contribution in [0.15, 0.2) is 59.0 Å². The van der Waals surface area contributed by atoms with E-state index in [-0.39, 0.29) is 5.91 Å². The van der Waals surface area contributed by atoms with Gasteiger partial charge in [-0.2, -0.15) is 0 Å². The lowest BCUT2D eigenvalue weighted by atomic mass is 10.1. The highest BCUT2D eigenvalue weighted by atomic mass is 35.5. The molecule has 0 atom stereocenters. The number of carbonyl (C=O) groups excluding carboxylic acids is 1. The van der Waals surface area contributed by atoms with Crippen LogP contribution in [0.25, 0.3) is 22.6 Å². The van der Waals surface area contributed by atoms with Crippen molar-refractivity contribution in [3.8, 4) is 11.5 Å². The van der Waals surface area contributed by atoms with E-state index in [1.165, 1.54) is 6.07 Å². The van der Waals surface area contributed by atoms with Crippen LogP contribution in [0.5, 0.6) is 0 Å². The smallest absolute Gasteiger partial charge is 0.257 e. The fourth-order valence-corrected chi connectivity index (χ4v) is 3.28. The number of rotatable bonds is 3. The second-order valence-corrected chi connectivity index (χ2v) is 7.49. The highest BCUT2D eigenvalue weighted by molar-refractivity contribution is 6.36. The van der Waals surface area contributed by atoms with Gasteiger partial charge in [-0.15, -0.1) is 0 Å². The van der Waals surface area contributed by atoms with Gasteiger partial charge in [-0.25, -0.2) is 4.98 Å². The van der Waals surface area contributed by atoms with E-state index in [0.29, 0.717) is 43.3 Å². The second-order valence-electron chi connectivity index (χ2n) is 6.24. The van der Waals surface area contributed by atoms with Crippen LogP contribution in [0.2, 0.25) is 15.1 Å². The minimum Gasteiger partial charge on any atom is -0.436 e. The number of nitrogens with zero attached hydrogens (tertiary/aromatic N) is 1. The van der Waals surface area contributed by atoms with Crippen LogP contribution < -0.4 is 5.32 Å². The number of fused-ring (bicyclic) bond motifs is 1. The molecule has 0 fully saturated rings. The normalized spacial score (nSPS) is 11.0. The molecule has 0 unspecified atom stereocenters. The van der Waals surface area contributed by atoms with E-state index in [1.54, 1.807) is 30.3 Å². The van der Waals surface area contributed by atoms with E-state index in [4.69, 9.17) is 39.2 Å². The molecule has 28 heavy (non-hydrogen) atoms. The maximum Gasteiger partial charge on any atom is 0.257 e. The molecule has 0 bridgehead atoms. The van der Waals surface area contributed by atoms with Crippen molar-refractivity contribution in [2.75, 3.05) is 5.32 Å². The maximum absolute atomic E-state index is 12.5. The zero-order valence-electron chi connectivity index (χ0n) is 14.6. The van der Waals surface area contributed by atoms with Crippen LogP contribution in [0.1, 0.15) is 15.9 Å². The van der Waals surface area contributed by atoms with Gasteiger partial charge in [0.25, 0.3) is 5.91 Å². The fourth-order valence-electron chi connectivity index (χ4n) is 2.72. The molecule has 1 N–H and O–H groups in total. The van der Waals surface area contributed by atoms with Crippen molar-refractivity contribution in [2.45, 2.75) is 6.92 Å². The van der Waals surface area contributed by atoms with Crippen molar-refractivity contribution < 1.29 is 9.21 Å². The van der Waals surface area contributed by atoms with Gasteiger partial charge in [-0.1, -0.05) is 40.9 Å². The van der Waals surface area contributed by atoms with Gasteiger partial charge in [-0.3, -0.25) is 4.79 Å². The van der Waals surface area contributed by atoms with Crippen molar-refractivity contribution >= 4 is 57.5 Å². The SMILES string of the molecule is Cc1ccc(-c2nc3cc(NC(=O)c4cc(Cl)ccc4Cl)ccc3o2)cc1Cl. The molecule has 7 heteroatoms. The number of nitrogens with one attached hydrogen (secondary N) is 1. The molecular weight excluding hydrogens is 419 g/mol. The number of hydrogen-bond donors (Lipinski definition) is 1.